The molecule has 0 atom stereocenters. The molecular weight excluding hydrogens is 444 g/mol. The van der Waals surface area contributed by atoms with E-state index in [1.165, 1.54) is 15.2 Å². The van der Waals surface area contributed by atoms with Gasteiger partial charge >= 0.3 is 5.69 Å². The number of nitrogens with one attached hydrogen (secondary N) is 1. The van der Waals surface area contributed by atoms with Crippen molar-refractivity contribution in [3.05, 3.63) is 94.5 Å². The Kier molecular flexibility index (Phi) is 7.62. The zero-order chi connectivity index (χ0) is 24.6. The van der Waals surface area contributed by atoms with Gasteiger partial charge in [-0.15, -0.1) is 5.10 Å². The minimum absolute atomic E-state index is 0.213. The van der Waals surface area contributed by atoms with Gasteiger partial charge in [0, 0.05) is 18.0 Å². The van der Waals surface area contributed by atoms with Crippen molar-refractivity contribution >= 4 is 23.3 Å². The van der Waals surface area contributed by atoms with Gasteiger partial charge in [-0.05, 0) is 60.0 Å². The number of amides is 1. The number of carbonyl (C=O) groups excluding carboxylic acids is 1. The Bertz CT molecular complexity index is 1400. The summed E-state index contributed by atoms with van der Waals surface area (Å²) in [5.74, 6) is 1.04. The molecule has 180 valence electrons. The molecule has 0 unspecified atom stereocenters. The molecule has 0 aliphatic heterocycles. The maximum Gasteiger partial charge on any atom is 0.350 e. The van der Waals surface area contributed by atoms with E-state index in [2.05, 4.69) is 17.3 Å². The fraction of sp³-hybridized carbons (Fsp3) is 0.222. The van der Waals surface area contributed by atoms with E-state index >= 15 is 0 Å². The van der Waals surface area contributed by atoms with Crippen molar-refractivity contribution in [1.29, 1.82) is 0 Å². The Balaban J connectivity index is 1.40. The van der Waals surface area contributed by atoms with Crippen LogP contribution < -0.4 is 20.5 Å². The van der Waals surface area contributed by atoms with Crippen molar-refractivity contribution in [3.8, 4) is 11.5 Å². The summed E-state index contributed by atoms with van der Waals surface area (Å²) in [6.45, 7) is 3.04. The molecular formula is C27H28N4O4. The topological polar surface area (TPSA) is 86.9 Å². The van der Waals surface area contributed by atoms with Gasteiger partial charge in [-0.25, -0.2) is 9.48 Å². The fourth-order valence-corrected chi connectivity index (χ4v) is 3.58. The molecule has 2 aromatic heterocycles. The van der Waals surface area contributed by atoms with Gasteiger partial charge in [0.2, 0.25) is 5.91 Å². The van der Waals surface area contributed by atoms with Gasteiger partial charge in [-0.3, -0.25) is 9.20 Å². The van der Waals surface area contributed by atoms with Gasteiger partial charge in [-0.2, -0.15) is 0 Å². The number of nitrogens with zero attached hydrogens (tertiary/aromatic N) is 3. The minimum Gasteiger partial charge on any atom is -0.493 e. The van der Waals surface area contributed by atoms with Crippen LogP contribution in [-0.4, -0.2) is 33.8 Å². The van der Waals surface area contributed by atoms with Gasteiger partial charge < -0.3 is 14.8 Å². The number of hydrogen-bond acceptors (Lipinski definition) is 5. The smallest absolute Gasteiger partial charge is 0.350 e. The maximum absolute atomic E-state index is 12.5. The quantitative estimate of drug-likeness (QED) is 0.273. The van der Waals surface area contributed by atoms with E-state index in [4.69, 9.17) is 9.47 Å². The second-order valence-corrected chi connectivity index (χ2v) is 8.00. The minimum atomic E-state index is -0.269. The maximum atomic E-state index is 12.5. The number of aromatic nitrogens is 3. The molecule has 2 heterocycles. The van der Waals surface area contributed by atoms with Crippen LogP contribution in [0.25, 0.3) is 11.7 Å². The van der Waals surface area contributed by atoms with Crippen LogP contribution in [0.5, 0.6) is 11.5 Å². The Labute approximate surface area is 203 Å². The molecule has 0 radical (unpaired) electrons. The molecule has 0 saturated heterocycles. The van der Waals surface area contributed by atoms with Crippen molar-refractivity contribution < 1.29 is 14.3 Å². The lowest BCUT2D eigenvalue weighted by Crippen LogP contribution is -2.21. The average molecular weight is 473 g/mol. The number of hydrogen-bond donors (Lipinski definition) is 1. The van der Waals surface area contributed by atoms with E-state index in [-0.39, 0.29) is 11.6 Å². The van der Waals surface area contributed by atoms with E-state index < -0.39 is 0 Å². The Morgan fingerprint density at radius 2 is 1.97 bits per heavy atom. The van der Waals surface area contributed by atoms with Crippen molar-refractivity contribution in [2.75, 3.05) is 19.0 Å². The van der Waals surface area contributed by atoms with Crippen LogP contribution in [0.2, 0.25) is 0 Å². The summed E-state index contributed by atoms with van der Waals surface area (Å²) in [4.78, 5) is 25.0. The third kappa shape index (κ3) is 5.97. The summed E-state index contributed by atoms with van der Waals surface area (Å²) >= 11 is 0. The van der Waals surface area contributed by atoms with Crippen LogP contribution in [0.15, 0.2) is 77.7 Å². The highest BCUT2D eigenvalue weighted by molar-refractivity contribution is 6.02. The number of fused-ring (bicyclic) bond motifs is 1. The first-order valence-corrected chi connectivity index (χ1v) is 11.5. The zero-order valence-corrected chi connectivity index (χ0v) is 19.8. The highest BCUT2D eigenvalue weighted by Gasteiger charge is 2.08. The summed E-state index contributed by atoms with van der Waals surface area (Å²) in [5.41, 5.74) is 2.67. The van der Waals surface area contributed by atoms with Crippen molar-refractivity contribution in [2.24, 2.45) is 0 Å². The van der Waals surface area contributed by atoms with Crippen LogP contribution in [0.3, 0.4) is 0 Å². The number of pyridine rings is 1. The SMILES string of the molecule is CCCCOc1ccc(/C=C/C(=O)Nc2cccc(Cn3nc4ccccn4c3=O)c2)cc1OC. The molecule has 4 rings (SSSR count). The largest absolute Gasteiger partial charge is 0.493 e. The van der Waals surface area contributed by atoms with E-state index in [1.54, 1.807) is 37.6 Å². The highest BCUT2D eigenvalue weighted by Crippen LogP contribution is 2.28. The van der Waals surface area contributed by atoms with Gasteiger partial charge in [0.15, 0.2) is 17.1 Å². The van der Waals surface area contributed by atoms with Crippen LogP contribution in [0.4, 0.5) is 5.69 Å². The first kappa shape index (κ1) is 23.8. The average Bonchev–Trinajstić information content (AvgIpc) is 3.18. The van der Waals surface area contributed by atoms with Gasteiger partial charge in [0.25, 0.3) is 0 Å². The van der Waals surface area contributed by atoms with E-state index in [0.717, 1.165) is 24.0 Å². The highest BCUT2D eigenvalue weighted by atomic mass is 16.5. The number of rotatable bonds is 10. The molecule has 0 aliphatic carbocycles. The number of ether oxygens (including phenoxy) is 2. The van der Waals surface area contributed by atoms with Crippen LogP contribution in [-0.2, 0) is 11.3 Å². The number of benzene rings is 2. The third-order valence-corrected chi connectivity index (χ3v) is 5.39. The lowest BCUT2D eigenvalue weighted by Gasteiger charge is -2.11. The molecule has 1 N–H and O–H groups in total. The lowest BCUT2D eigenvalue weighted by molar-refractivity contribution is -0.111. The van der Waals surface area contributed by atoms with Gasteiger partial charge in [-0.1, -0.05) is 37.6 Å². The van der Waals surface area contributed by atoms with Crippen LogP contribution in [0, 0.1) is 0 Å². The molecule has 2 aromatic carbocycles. The summed E-state index contributed by atoms with van der Waals surface area (Å²) in [5, 5.41) is 7.21. The number of anilines is 1. The van der Waals surface area contributed by atoms with E-state index in [9.17, 15) is 9.59 Å². The monoisotopic (exact) mass is 472 g/mol. The molecule has 35 heavy (non-hydrogen) atoms. The van der Waals surface area contributed by atoms with Crippen molar-refractivity contribution in [2.45, 2.75) is 26.3 Å². The summed E-state index contributed by atoms with van der Waals surface area (Å²) in [6, 6.07) is 18.3. The fourth-order valence-electron chi connectivity index (χ4n) is 3.58. The standard InChI is InChI=1S/C27H28N4O4/c1-3-4-16-35-23-13-11-20(18-24(23)34-2)12-14-26(32)28-22-9-7-8-21(17-22)19-31-27(33)30-15-6-5-10-25(30)29-31/h5-15,17-18H,3-4,16,19H2,1-2H3,(H,28,32)/b14-12+. The third-order valence-electron chi connectivity index (χ3n) is 5.39. The molecule has 8 heteroatoms. The van der Waals surface area contributed by atoms with Crippen LogP contribution >= 0.6 is 0 Å². The van der Waals surface area contributed by atoms with Crippen molar-refractivity contribution in [3.63, 3.8) is 0 Å². The summed E-state index contributed by atoms with van der Waals surface area (Å²) < 4.78 is 14.1. The molecule has 8 nitrogen and oxygen atoms in total. The molecule has 0 spiro atoms. The zero-order valence-electron chi connectivity index (χ0n) is 19.8. The van der Waals surface area contributed by atoms with Gasteiger partial charge in [0.05, 0.1) is 20.3 Å². The van der Waals surface area contributed by atoms with Crippen LogP contribution in [0.1, 0.15) is 30.9 Å². The molecule has 0 bridgehead atoms. The number of methoxy groups -OCH3 is 1. The second-order valence-electron chi connectivity index (χ2n) is 8.00. The first-order valence-electron chi connectivity index (χ1n) is 11.5. The summed E-state index contributed by atoms with van der Waals surface area (Å²) in [7, 11) is 1.59. The lowest BCUT2D eigenvalue weighted by atomic mass is 10.1. The first-order chi connectivity index (χ1) is 17.1. The molecule has 0 aliphatic rings. The predicted octanol–water partition coefficient (Wildman–Crippen LogP) is 4.38. The van der Waals surface area contributed by atoms with E-state index in [0.29, 0.717) is 36.0 Å². The normalized spacial score (nSPS) is 11.1. The van der Waals surface area contributed by atoms with E-state index in [1.807, 2.05) is 42.5 Å². The number of carbonyl (C=O) groups is 1. The number of unbranched alkanes of at least 4 members (excludes halogenated alkanes) is 1. The Morgan fingerprint density at radius 1 is 1.09 bits per heavy atom. The molecule has 4 aromatic rings. The molecule has 1 amide bonds. The Hall–Kier alpha value is -4.33. The molecule has 0 fully saturated rings. The second kappa shape index (κ2) is 11.2. The Morgan fingerprint density at radius 3 is 2.77 bits per heavy atom. The summed E-state index contributed by atoms with van der Waals surface area (Å²) in [6.07, 6.45) is 6.90. The predicted molar refractivity (Wildman–Crippen MR) is 136 cm³/mol. The molecule has 0 saturated carbocycles. The van der Waals surface area contributed by atoms with Gasteiger partial charge in [0.1, 0.15) is 0 Å². The van der Waals surface area contributed by atoms with Crippen molar-refractivity contribution in [1.82, 2.24) is 14.2 Å².